The Balaban J connectivity index is 1.95. The highest BCUT2D eigenvalue weighted by Gasteiger charge is 2.38. The summed E-state index contributed by atoms with van der Waals surface area (Å²) in [6.45, 7) is 0. The van der Waals surface area contributed by atoms with Gasteiger partial charge in [-0.25, -0.2) is 0 Å². The Morgan fingerprint density at radius 1 is 1.20 bits per heavy atom. The van der Waals surface area contributed by atoms with E-state index in [1.807, 2.05) is 18.2 Å². The summed E-state index contributed by atoms with van der Waals surface area (Å²) in [5.41, 5.74) is 1.55. The molecule has 1 saturated heterocycles. The molecular weight excluding hydrogens is 292 g/mol. The van der Waals surface area contributed by atoms with Gasteiger partial charge < -0.3 is 5.32 Å². The summed E-state index contributed by atoms with van der Waals surface area (Å²) in [6, 6.07) is 6.83. The van der Waals surface area contributed by atoms with Gasteiger partial charge in [-0.1, -0.05) is 42.6 Å². The van der Waals surface area contributed by atoms with Crippen LogP contribution in [-0.2, 0) is 11.2 Å². The second-order valence-electron chi connectivity index (χ2n) is 4.87. The minimum atomic E-state index is -0.546. The molecule has 2 aliphatic rings. The third-order valence-electron chi connectivity index (χ3n) is 3.60. The van der Waals surface area contributed by atoms with Crippen molar-refractivity contribution in [1.82, 2.24) is 10.2 Å². The van der Waals surface area contributed by atoms with Crippen LogP contribution in [-0.4, -0.2) is 32.7 Å². The van der Waals surface area contributed by atoms with Crippen molar-refractivity contribution in [3.63, 3.8) is 0 Å². The summed E-state index contributed by atoms with van der Waals surface area (Å²) in [5.74, 6) is -0.429. The summed E-state index contributed by atoms with van der Waals surface area (Å²) < 4.78 is 0. The van der Waals surface area contributed by atoms with E-state index in [1.165, 1.54) is 4.90 Å². The zero-order chi connectivity index (χ0) is 14.3. The van der Waals surface area contributed by atoms with Crippen LogP contribution in [0.2, 0.25) is 0 Å². The minimum absolute atomic E-state index is 0.190. The molecule has 4 nitrogen and oxygen atoms in total. The molecule has 1 atom stereocenters. The predicted octanol–water partition coefficient (Wildman–Crippen LogP) is 1.62. The van der Waals surface area contributed by atoms with E-state index in [0.717, 1.165) is 5.56 Å². The van der Waals surface area contributed by atoms with Crippen molar-refractivity contribution >= 4 is 46.2 Å². The summed E-state index contributed by atoms with van der Waals surface area (Å²) in [4.78, 5) is 27.1. The Morgan fingerprint density at radius 3 is 2.70 bits per heavy atom. The van der Waals surface area contributed by atoms with Crippen molar-refractivity contribution in [2.45, 2.75) is 25.3 Å². The number of benzene rings is 1. The normalized spacial score (nSPS) is 22.6. The monoisotopic (exact) mass is 304 g/mol. The van der Waals surface area contributed by atoms with Crippen LogP contribution in [0.1, 0.15) is 28.8 Å². The molecule has 3 rings (SSSR count). The van der Waals surface area contributed by atoms with Crippen molar-refractivity contribution in [2.24, 2.45) is 0 Å². The van der Waals surface area contributed by atoms with Gasteiger partial charge in [-0.2, -0.15) is 0 Å². The molecule has 0 radical (unpaired) electrons. The third kappa shape index (κ3) is 2.14. The first-order chi connectivity index (χ1) is 9.58. The van der Waals surface area contributed by atoms with Gasteiger partial charge in [-0.3, -0.25) is 14.5 Å². The van der Waals surface area contributed by atoms with Gasteiger partial charge in [0.2, 0.25) is 5.91 Å². The standard InChI is InChI=1S/C14H12N2O2S2/c17-13-10(5-6-11(19)15-13)16-12(20)7-8-3-1-2-4-9(8)14(16)18/h1-4,10H,5-7H2,(H,15,17,19). The number of carbonyl (C=O) groups excluding carboxylic acids is 2. The lowest BCUT2D eigenvalue weighted by Crippen LogP contribution is -2.57. The van der Waals surface area contributed by atoms with Crippen molar-refractivity contribution < 1.29 is 9.59 Å². The number of hydrogen-bond donors (Lipinski definition) is 1. The summed E-state index contributed by atoms with van der Waals surface area (Å²) >= 11 is 10.3. The van der Waals surface area contributed by atoms with E-state index in [1.54, 1.807) is 6.07 Å². The van der Waals surface area contributed by atoms with Crippen molar-refractivity contribution in [3.8, 4) is 0 Å². The Bertz CT molecular complexity index is 642. The number of thiocarbonyl (C=S) groups is 2. The first-order valence-electron chi connectivity index (χ1n) is 6.36. The predicted molar refractivity (Wildman–Crippen MR) is 82.7 cm³/mol. The van der Waals surface area contributed by atoms with Gasteiger partial charge in [-0.05, 0) is 18.1 Å². The van der Waals surface area contributed by atoms with Gasteiger partial charge in [0, 0.05) is 18.4 Å². The molecule has 20 heavy (non-hydrogen) atoms. The van der Waals surface area contributed by atoms with Crippen LogP contribution in [0.5, 0.6) is 0 Å². The molecule has 0 spiro atoms. The highest BCUT2D eigenvalue weighted by atomic mass is 32.1. The quantitative estimate of drug-likeness (QED) is 0.801. The van der Waals surface area contributed by atoms with Crippen LogP contribution in [0.25, 0.3) is 0 Å². The molecule has 2 aliphatic heterocycles. The fourth-order valence-corrected chi connectivity index (χ4v) is 3.20. The Labute approximate surface area is 127 Å². The van der Waals surface area contributed by atoms with Gasteiger partial charge in [0.1, 0.15) is 6.04 Å². The number of piperidine rings is 1. The van der Waals surface area contributed by atoms with Crippen LogP contribution in [0, 0.1) is 0 Å². The number of fused-ring (bicyclic) bond motifs is 1. The maximum absolute atomic E-state index is 12.6. The molecule has 1 fully saturated rings. The number of amides is 2. The third-order valence-corrected chi connectivity index (χ3v) is 4.25. The summed E-state index contributed by atoms with van der Waals surface area (Å²) in [7, 11) is 0. The number of hydrogen-bond acceptors (Lipinski definition) is 4. The molecule has 102 valence electrons. The molecule has 0 saturated carbocycles. The molecule has 1 unspecified atom stereocenters. The van der Waals surface area contributed by atoms with Crippen molar-refractivity contribution in [1.29, 1.82) is 0 Å². The van der Waals surface area contributed by atoms with E-state index < -0.39 is 6.04 Å². The van der Waals surface area contributed by atoms with E-state index in [0.29, 0.717) is 34.8 Å². The number of rotatable bonds is 1. The second kappa shape index (κ2) is 5.03. The summed E-state index contributed by atoms with van der Waals surface area (Å²) in [5, 5.41) is 2.63. The van der Waals surface area contributed by atoms with Crippen LogP contribution in [0.4, 0.5) is 0 Å². The van der Waals surface area contributed by atoms with Crippen molar-refractivity contribution in [2.75, 3.05) is 0 Å². The van der Waals surface area contributed by atoms with E-state index in [4.69, 9.17) is 24.4 Å². The molecule has 0 bridgehead atoms. The van der Waals surface area contributed by atoms with Gasteiger partial charge in [0.05, 0.1) is 9.98 Å². The van der Waals surface area contributed by atoms with Crippen LogP contribution >= 0.6 is 24.4 Å². The number of carbonyl (C=O) groups is 2. The zero-order valence-electron chi connectivity index (χ0n) is 10.6. The van der Waals surface area contributed by atoms with E-state index in [-0.39, 0.29) is 11.8 Å². The van der Waals surface area contributed by atoms with Gasteiger partial charge >= 0.3 is 0 Å². The van der Waals surface area contributed by atoms with Gasteiger partial charge in [0.15, 0.2) is 0 Å². The Hall–Kier alpha value is -1.66. The zero-order valence-corrected chi connectivity index (χ0v) is 12.2. The lowest BCUT2D eigenvalue weighted by molar-refractivity contribution is -0.123. The Morgan fingerprint density at radius 2 is 1.95 bits per heavy atom. The van der Waals surface area contributed by atoms with Crippen molar-refractivity contribution in [3.05, 3.63) is 35.4 Å². The molecular formula is C14H12N2O2S2. The SMILES string of the molecule is O=C1NC(=S)CCC1N1C(=O)c2ccccc2CC1=S. The largest absolute Gasteiger partial charge is 0.319 e. The highest BCUT2D eigenvalue weighted by Crippen LogP contribution is 2.25. The number of nitrogens with one attached hydrogen (secondary N) is 1. The molecule has 1 N–H and O–H groups in total. The lowest BCUT2D eigenvalue weighted by Gasteiger charge is -2.36. The van der Waals surface area contributed by atoms with Crippen LogP contribution in [0.3, 0.4) is 0 Å². The fraction of sp³-hybridized carbons (Fsp3) is 0.286. The summed E-state index contributed by atoms with van der Waals surface area (Å²) in [6.07, 6.45) is 1.64. The van der Waals surface area contributed by atoms with Gasteiger partial charge in [0.25, 0.3) is 5.91 Å². The number of nitrogens with zero attached hydrogens (tertiary/aromatic N) is 1. The van der Waals surface area contributed by atoms with E-state index in [9.17, 15) is 9.59 Å². The fourth-order valence-electron chi connectivity index (χ4n) is 2.62. The maximum atomic E-state index is 12.6. The molecule has 0 aromatic heterocycles. The topological polar surface area (TPSA) is 49.4 Å². The van der Waals surface area contributed by atoms with Crippen LogP contribution < -0.4 is 5.32 Å². The first kappa shape index (κ1) is 13.3. The Kier molecular flexibility index (Phi) is 3.35. The lowest BCUT2D eigenvalue weighted by atomic mass is 9.95. The molecule has 1 aromatic carbocycles. The van der Waals surface area contributed by atoms with E-state index in [2.05, 4.69) is 5.32 Å². The first-order valence-corrected chi connectivity index (χ1v) is 7.17. The van der Waals surface area contributed by atoms with Crippen LogP contribution in [0.15, 0.2) is 24.3 Å². The molecule has 1 aromatic rings. The second-order valence-corrected chi connectivity index (χ2v) is 5.83. The average Bonchev–Trinajstić information content (AvgIpc) is 2.41. The maximum Gasteiger partial charge on any atom is 0.259 e. The molecule has 2 heterocycles. The van der Waals surface area contributed by atoms with Gasteiger partial charge in [-0.15, -0.1) is 0 Å². The molecule has 6 heteroatoms. The smallest absolute Gasteiger partial charge is 0.259 e. The minimum Gasteiger partial charge on any atom is -0.319 e. The molecule has 2 amide bonds. The average molecular weight is 304 g/mol. The van der Waals surface area contributed by atoms with E-state index >= 15 is 0 Å². The highest BCUT2D eigenvalue weighted by molar-refractivity contribution is 7.80. The molecule has 0 aliphatic carbocycles.